The molecule has 3 aromatic rings. The number of aliphatic hydroxyl groups excluding tert-OH is 1. The Morgan fingerprint density at radius 1 is 1.16 bits per heavy atom. The maximum Gasteiger partial charge on any atom is 0.270 e. The number of hydrogen-bond acceptors (Lipinski definition) is 7. The summed E-state index contributed by atoms with van der Waals surface area (Å²) < 4.78 is 2.25. The third kappa shape index (κ3) is 5.60. The number of anilines is 1. The van der Waals surface area contributed by atoms with Gasteiger partial charge in [0.2, 0.25) is 5.91 Å². The average Bonchev–Trinajstić information content (AvgIpc) is 3.19. The van der Waals surface area contributed by atoms with Crippen molar-refractivity contribution in [3.63, 3.8) is 0 Å². The number of aryl methyl sites for hydroxylation is 1. The normalized spacial score (nSPS) is 17.4. The van der Waals surface area contributed by atoms with Gasteiger partial charge in [-0.1, -0.05) is 18.2 Å². The van der Waals surface area contributed by atoms with Crippen LogP contribution in [0, 0.1) is 0 Å². The molecule has 4 heterocycles. The number of rotatable bonds is 7. The summed E-state index contributed by atoms with van der Waals surface area (Å²) in [7, 11) is 2.10. The number of piperidine rings is 1. The zero-order valence-electron chi connectivity index (χ0n) is 21.5. The topological polar surface area (TPSA) is 116 Å². The second-order valence-corrected chi connectivity index (χ2v) is 10.1. The Balaban J connectivity index is 1.11. The van der Waals surface area contributed by atoms with Crippen molar-refractivity contribution in [2.45, 2.75) is 44.9 Å². The van der Waals surface area contributed by atoms with Crippen LogP contribution >= 0.6 is 0 Å². The first-order valence-corrected chi connectivity index (χ1v) is 13.0. The van der Waals surface area contributed by atoms with Crippen LogP contribution in [0.25, 0.3) is 10.9 Å². The first kappa shape index (κ1) is 25.2. The van der Waals surface area contributed by atoms with E-state index < -0.39 is 6.10 Å². The standard InChI is InChI=1S/C27H35N7O3/c1-18(35)34-11-7-19(8-12-34)31-26-13-23(29-17-30-26)27(37)28-14-20(36)15-33-10-9-22-21-5-3-4-6-24(21)32(2)25(22)16-33/h3-6,13,17,19-20,36H,7-12,14-16H2,1-2H3,(H,28,37)(H,29,30,31). The summed E-state index contributed by atoms with van der Waals surface area (Å²) in [5.74, 6) is 0.340. The lowest BCUT2D eigenvalue weighted by Gasteiger charge is -2.31. The van der Waals surface area contributed by atoms with Crippen molar-refractivity contribution in [3.05, 3.63) is 53.6 Å². The van der Waals surface area contributed by atoms with Crippen LogP contribution in [-0.4, -0.2) is 86.1 Å². The quantitative estimate of drug-likeness (QED) is 0.446. The van der Waals surface area contributed by atoms with Gasteiger partial charge < -0.3 is 25.2 Å². The molecule has 0 aliphatic carbocycles. The molecule has 0 bridgehead atoms. The molecule has 1 fully saturated rings. The highest BCUT2D eigenvalue weighted by atomic mass is 16.3. The smallest absolute Gasteiger partial charge is 0.270 e. The van der Waals surface area contributed by atoms with Crippen LogP contribution in [-0.2, 0) is 24.8 Å². The monoisotopic (exact) mass is 505 g/mol. The van der Waals surface area contributed by atoms with E-state index in [4.69, 9.17) is 0 Å². The second kappa shape index (κ2) is 10.9. The first-order valence-electron chi connectivity index (χ1n) is 13.0. The van der Waals surface area contributed by atoms with Crippen molar-refractivity contribution in [2.75, 3.05) is 38.0 Å². The van der Waals surface area contributed by atoms with Gasteiger partial charge >= 0.3 is 0 Å². The van der Waals surface area contributed by atoms with Gasteiger partial charge in [0.05, 0.1) is 6.10 Å². The molecule has 2 aliphatic heterocycles. The summed E-state index contributed by atoms with van der Waals surface area (Å²) in [6.07, 6.45) is 3.28. The molecule has 0 radical (unpaired) electrons. The predicted octanol–water partition coefficient (Wildman–Crippen LogP) is 1.54. The molecule has 0 saturated carbocycles. The molecule has 2 aliphatic rings. The summed E-state index contributed by atoms with van der Waals surface area (Å²) in [5, 5.41) is 18.1. The summed E-state index contributed by atoms with van der Waals surface area (Å²) >= 11 is 0. The number of β-amino-alcohol motifs (C(OH)–C–C–N with tert-alkyl or cyclic N) is 1. The minimum Gasteiger partial charge on any atom is -0.390 e. The number of carbonyl (C=O) groups excluding carboxylic acids is 2. The highest BCUT2D eigenvalue weighted by molar-refractivity contribution is 5.92. The highest BCUT2D eigenvalue weighted by Crippen LogP contribution is 2.29. The number of nitrogens with one attached hydrogen (secondary N) is 2. The minimum atomic E-state index is -0.689. The second-order valence-electron chi connectivity index (χ2n) is 10.1. The summed E-state index contributed by atoms with van der Waals surface area (Å²) in [5.41, 5.74) is 4.18. The number of nitrogens with zero attached hydrogens (tertiary/aromatic N) is 5. The Bertz CT molecular complexity index is 1280. The van der Waals surface area contributed by atoms with Gasteiger partial charge in [-0.15, -0.1) is 0 Å². The largest absolute Gasteiger partial charge is 0.390 e. The van der Waals surface area contributed by atoms with Crippen molar-refractivity contribution in [1.29, 1.82) is 0 Å². The van der Waals surface area contributed by atoms with E-state index in [0.717, 1.165) is 32.4 Å². The average molecular weight is 506 g/mol. The number of benzene rings is 1. The van der Waals surface area contributed by atoms with E-state index >= 15 is 0 Å². The number of para-hydroxylation sites is 1. The molecule has 10 heteroatoms. The molecule has 1 atom stereocenters. The molecular formula is C27H35N7O3. The molecule has 196 valence electrons. The van der Waals surface area contributed by atoms with Crippen molar-refractivity contribution in [2.24, 2.45) is 7.05 Å². The zero-order chi connectivity index (χ0) is 25.9. The van der Waals surface area contributed by atoms with Gasteiger partial charge in [-0.25, -0.2) is 9.97 Å². The highest BCUT2D eigenvalue weighted by Gasteiger charge is 2.25. The Labute approximate surface area is 216 Å². The lowest BCUT2D eigenvalue weighted by Crippen LogP contribution is -2.42. The lowest BCUT2D eigenvalue weighted by molar-refractivity contribution is -0.129. The van der Waals surface area contributed by atoms with Gasteiger partial charge in [-0.05, 0) is 30.9 Å². The number of carbonyl (C=O) groups is 2. The maximum absolute atomic E-state index is 12.7. The van der Waals surface area contributed by atoms with Gasteiger partial charge in [0, 0.05) is 81.9 Å². The third-order valence-electron chi connectivity index (χ3n) is 7.55. The van der Waals surface area contributed by atoms with E-state index in [1.54, 1.807) is 13.0 Å². The van der Waals surface area contributed by atoms with Crippen molar-refractivity contribution >= 4 is 28.5 Å². The van der Waals surface area contributed by atoms with Gasteiger partial charge in [-0.2, -0.15) is 0 Å². The molecule has 1 aromatic carbocycles. The molecule has 3 N–H and O–H groups in total. The molecule has 2 amide bonds. The Morgan fingerprint density at radius 2 is 1.95 bits per heavy atom. The van der Waals surface area contributed by atoms with E-state index in [0.29, 0.717) is 25.5 Å². The van der Waals surface area contributed by atoms with E-state index in [2.05, 4.69) is 61.4 Å². The Morgan fingerprint density at radius 3 is 2.73 bits per heavy atom. The van der Waals surface area contributed by atoms with Gasteiger partial charge in [0.1, 0.15) is 17.8 Å². The molecular weight excluding hydrogens is 470 g/mol. The van der Waals surface area contributed by atoms with Crippen LogP contribution in [0.5, 0.6) is 0 Å². The zero-order valence-corrected chi connectivity index (χ0v) is 21.5. The predicted molar refractivity (Wildman–Crippen MR) is 141 cm³/mol. The number of hydrogen-bond donors (Lipinski definition) is 3. The van der Waals surface area contributed by atoms with Crippen LogP contribution in [0.15, 0.2) is 36.7 Å². The number of amides is 2. The SMILES string of the molecule is CC(=O)N1CCC(Nc2cc(C(=O)NCC(O)CN3CCc4c(n(C)c5ccccc45)C3)ncn2)CC1. The van der Waals surface area contributed by atoms with Crippen molar-refractivity contribution in [3.8, 4) is 0 Å². The number of aromatic nitrogens is 3. The van der Waals surface area contributed by atoms with E-state index in [1.807, 2.05) is 4.90 Å². The third-order valence-corrected chi connectivity index (χ3v) is 7.55. The van der Waals surface area contributed by atoms with Crippen molar-refractivity contribution in [1.82, 2.24) is 29.7 Å². The molecule has 0 spiro atoms. The van der Waals surface area contributed by atoms with Crippen LogP contribution < -0.4 is 10.6 Å². The summed E-state index contributed by atoms with van der Waals surface area (Å²) in [6.45, 7) is 5.29. The molecule has 1 saturated heterocycles. The van der Waals surface area contributed by atoms with E-state index in [1.165, 1.54) is 28.5 Å². The van der Waals surface area contributed by atoms with Crippen LogP contribution in [0.2, 0.25) is 0 Å². The summed E-state index contributed by atoms with van der Waals surface area (Å²) in [4.78, 5) is 36.7. The van der Waals surface area contributed by atoms with E-state index in [9.17, 15) is 14.7 Å². The van der Waals surface area contributed by atoms with Gasteiger partial charge in [-0.3, -0.25) is 14.5 Å². The van der Waals surface area contributed by atoms with Crippen molar-refractivity contribution < 1.29 is 14.7 Å². The Kier molecular flexibility index (Phi) is 7.38. The molecule has 5 rings (SSSR count). The molecule has 10 nitrogen and oxygen atoms in total. The van der Waals surface area contributed by atoms with Crippen LogP contribution in [0.1, 0.15) is 41.5 Å². The van der Waals surface area contributed by atoms with Crippen LogP contribution in [0.3, 0.4) is 0 Å². The Hall–Kier alpha value is -3.50. The first-order chi connectivity index (χ1) is 17.9. The van der Waals surface area contributed by atoms with Gasteiger partial charge in [0.25, 0.3) is 5.91 Å². The van der Waals surface area contributed by atoms with Crippen LogP contribution in [0.4, 0.5) is 5.82 Å². The lowest BCUT2D eigenvalue weighted by atomic mass is 10.0. The van der Waals surface area contributed by atoms with E-state index in [-0.39, 0.29) is 30.1 Å². The fourth-order valence-corrected chi connectivity index (χ4v) is 5.49. The number of fused-ring (bicyclic) bond motifs is 3. The van der Waals surface area contributed by atoms with Gasteiger partial charge in [0.15, 0.2) is 0 Å². The number of aliphatic hydroxyl groups is 1. The number of likely N-dealkylation sites (tertiary alicyclic amines) is 1. The maximum atomic E-state index is 12.7. The molecule has 1 unspecified atom stereocenters. The fraction of sp³-hybridized carbons (Fsp3) is 0.481. The molecule has 37 heavy (non-hydrogen) atoms. The fourth-order valence-electron chi connectivity index (χ4n) is 5.49. The molecule has 2 aromatic heterocycles. The summed E-state index contributed by atoms with van der Waals surface area (Å²) in [6, 6.07) is 10.3. The minimum absolute atomic E-state index is 0.0974.